The van der Waals surface area contributed by atoms with Gasteiger partial charge in [0.1, 0.15) is 5.75 Å². The fraction of sp³-hybridized carbons (Fsp3) is 0.263. The summed E-state index contributed by atoms with van der Waals surface area (Å²) in [6, 6.07) is 15.4. The van der Waals surface area contributed by atoms with Crippen LogP contribution in [0.2, 0.25) is 0 Å². The summed E-state index contributed by atoms with van der Waals surface area (Å²) in [7, 11) is 1.49. The fourth-order valence-corrected chi connectivity index (χ4v) is 4.00. The maximum absolute atomic E-state index is 12.9. The number of carbonyl (C=O) groups is 1. The molecule has 0 bridgehead atoms. The molecule has 0 aliphatic carbocycles. The van der Waals surface area contributed by atoms with Crippen LogP contribution >= 0.6 is 11.8 Å². The van der Waals surface area contributed by atoms with E-state index in [9.17, 15) is 18.0 Å². The van der Waals surface area contributed by atoms with Crippen LogP contribution < -0.4 is 9.64 Å². The number of methoxy groups -OCH3 is 1. The lowest BCUT2D eigenvalue weighted by Gasteiger charge is -2.21. The molecule has 142 valence electrons. The van der Waals surface area contributed by atoms with E-state index in [2.05, 4.69) is 4.99 Å². The molecule has 0 aromatic heterocycles. The molecule has 2 aromatic rings. The van der Waals surface area contributed by atoms with Gasteiger partial charge in [-0.15, -0.1) is 0 Å². The number of halogens is 3. The van der Waals surface area contributed by atoms with Crippen molar-refractivity contribution in [1.82, 2.24) is 0 Å². The third-order valence-electron chi connectivity index (χ3n) is 3.94. The van der Waals surface area contributed by atoms with Gasteiger partial charge < -0.3 is 9.64 Å². The zero-order chi connectivity index (χ0) is 19.4. The Morgan fingerprint density at radius 1 is 1.19 bits per heavy atom. The summed E-state index contributed by atoms with van der Waals surface area (Å²) in [5.74, 6) is 0.0104. The van der Waals surface area contributed by atoms with E-state index in [1.807, 2.05) is 0 Å². The van der Waals surface area contributed by atoms with Gasteiger partial charge in [0.2, 0.25) is 0 Å². The minimum absolute atomic E-state index is 0.0887. The van der Waals surface area contributed by atoms with Gasteiger partial charge in [0.05, 0.1) is 19.2 Å². The molecule has 1 aliphatic rings. The minimum atomic E-state index is -4.29. The highest BCUT2D eigenvalue weighted by molar-refractivity contribution is 8.15. The number of rotatable bonds is 4. The van der Waals surface area contributed by atoms with Crippen molar-refractivity contribution >= 4 is 28.5 Å². The predicted octanol–water partition coefficient (Wildman–Crippen LogP) is 4.77. The largest absolute Gasteiger partial charge is 0.495 e. The maximum Gasteiger partial charge on any atom is 0.390 e. The molecule has 1 unspecified atom stereocenters. The highest BCUT2D eigenvalue weighted by atomic mass is 32.2. The van der Waals surface area contributed by atoms with Crippen molar-refractivity contribution < 1.29 is 22.7 Å². The third-order valence-corrected chi connectivity index (χ3v) is 5.11. The van der Waals surface area contributed by atoms with Crippen LogP contribution in [0.15, 0.2) is 59.6 Å². The highest BCUT2D eigenvalue weighted by Crippen LogP contribution is 2.40. The summed E-state index contributed by atoms with van der Waals surface area (Å²) >= 11 is 0.962. The second-order valence-corrected chi connectivity index (χ2v) is 7.17. The van der Waals surface area contributed by atoms with E-state index in [0.29, 0.717) is 17.0 Å². The molecule has 27 heavy (non-hydrogen) atoms. The van der Waals surface area contributed by atoms with E-state index in [-0.39, 0.29) is 11.7 Å². The van der Waals surface area contributed by atoms with E-state index in [0.717, 1.165) is 11.8 Å². The Bertz CT molecular complexity index is 840. The van der Waals surface area contributed by atoms with Crippen LogP contribution in [0, 0.1) is 0 Å². The van der Waals surface area contributed by atoms with Crippen LogP contribution in [0.1, 0.15) is 16.8 Å². The number of thioether (sulfide) groups is 1. The molecule has 1 heterocycles. The SMILES string of the molecule is COc1ccccc1N1CC(CC(F)(F)F)SC1=NC(=O)c1ccccc1. The Labute approximate surface area is 159 Å². The summed E-state index contributed by atoms with van der Waals surface area (Å²) in [5, 5.41) is -0.514. The summed E-state index contributed by atoms with van der Waals surface area (Å²) < 4.78 is 43.9. The van der Waals surface area contributed by atoms with Gasteiger partial charge in [-0.25, -0.2) is 0 Å². The smallest absolute Gasteiger partial charge is 0.390 e. The lowest BCUT2D eigenvalue weighted by Crippen LogP contribution is -2.28. The van der Waals surface area contributed by atoms with E-state index in [4.69, 9.17) is 4.74 Å². The molecule has 2 aromatic carbocycles. The van der Waals surface area contributed by atoms with Crippen molar-refractivity contribution in [2.45, 2.75) is 17.8 Å². The topological polar surface area (TPSA) is 41.9 Å². The zero-order valence-electron chi connectivity index (χ0n) is 14.4. The lowest BCUT2D eigenvalue weighted by molar-refractivity contribution is -0.133. The molecule has 3 rings (SSSR count). The van der Waals surface area contributed by atoms with Crippen LogP contribution in [0.25, 0.3) is 0 Å². The molecule has 1 atom stereocenters. The first kappa shape index (κ1) is 19.3. The van der Waals surface area contributed by atoms with Gasteiger partial charge in [-0.2, -0.15) is 18.2 Å². The number of benzene rings is 2. The molecule has 4 nitrogen and oxygen atoms in total. The predicted molar refractivity (Wildman–Crippen MR) is 101 cm³/mol. The fourth-order valence-electron chi connectivity index (χ4n) is 2.77. The first-order valence-electron chi connectivity index (χ1n) is 8.19. The Kier molecular flexibility index (Phi) is 5.74. The Morgan fingerprint density at radius 2 is 1.85 bits per heavy atom. The minimum Gasteiger partial charge on any atom is -0.495 e. The number of carbonyl (C=O) groups excluding carboxylic acids is 1. The maximum atomic E-state index is 12.9. The van der Waals surface area contributed by atoms with Crippen molar-refractivity contribution in [1.29, 1.82) is 0 Å². The summed E-state index contributed by atoms with van der Waals surface area (Å²) in [6.07, 6.45) is -5.25. The van der Waals surface area contributed by atoms with Gasteiger partial charge in [0.15, 0.2) is 5.17 Å². The van der Waals surface area contributed by atoms with Crippen molar-refractivity contribution in [3.63, 3.8) is 0 Å². The van der Waals surface area contributed by atoms with Gasteiger partial charge in [-0.1, -0.05) is 42.1 Å². The van der Waals surface area contributed by atoms with E-state index >= 15 is 0 Å². The molecule has 0 radical (unpaired) electrons. The first-order chi connectivity index (χ1) is 12.9. The average molecular weight is 394 g/mol. The number of anilines is 1. The molecular weight excluding hydrogens is 377 g/mol. The monoisotopic (exact) mass is 394 g/mol. The van der Waals surface area contributed by atoms with Crippen molar-refractivity contribution in [3.8, 4) is 5.75 Å². The molecule has 1 saturated heterocycles. The van der Waals surface area contributed by atoms with Crippen molar-refractivity contribution in [2.24, 2.45) is 4.99 Å². The number of aliphatic imine (C=N–C) groups is 1. The van der Waals surface area contributed by atoms with Crippen LogP contribution in [0.5, 0.6) is 5.75 Å². The summed E-state index contributed by atoms with van der Waals surface area (Å²) in [5.41, 5.74) is 0.960. The molecule has 0 saturated carbocycles. The Morgan fingerprint density at radius 3 is 2.52 bits per heavy atom. The van der Waals surface area contributed by atoms with Crippen molar-refractivity contribution in [3.05, 3.63) is 60.2 Å². The number of alkyl halides is 3. The summed E-state index contributed by atoms with van der Waals surface area (Å²) in [4.78, 5) is 18.2. The third kappa shape index (κ3) is 4.82. The zero-order valence-corrected chi connectivity index (χ0v) is 15.3. The van der Waals surface area contributed by atoms with Gasteiger partial charge in [-0.3, -0.25) is 4.79 Å². The number of ether oxygens (including phenoxy) is 1. The molecular formula is C19H17F3N2O2S. The van der Waals surface area contributed by atoms with Gasteiger partial charge in [-0.05, 0) is 24.3 Å². The average Bonchev–Trinajstić information content (AvgIpc) is 3.02. The number of amides is 1. The van der Waals surface area contributed by atoms with Crippen molar-refractivity contribution in [2.75, 3.05) is 18.6 Å². The van der Waals surface area contributed by atoms with Gasteiger partial charge >= 0.3 is 6.18 Å². The molecule has 0 spiro atoms. The molecule has 1 fully saturated rings. The molecule has 1 amide bonds. The van der Waals surface area contributed by atoms with Crippen LogP contribution in [-0.4, -0.2) is 36.2 Å². The van der Waals surface area contributed by atoms with Crippen LogP contribution in [0.4, 0.5) is 18.9 Å². The van der Waals surface area contributed by atoms with E-state index < -0.39 is 23.8 Å². The highest BCUT2D eigenvalue weighted by Gasteiger charge is 2.39. The number of amidine groups is 1. The number of hydrogen-bond donors (Lipinski definition) is 0. The quantitative estimate of drug-likeness (QED) is 0.749. The first-order valence-corrected chi connectivity index (χ1v) is 9.07. The van der Waals surface area contributed by atoms with Crippen LogP contribution in [0.3, 0.4) is 0 Å². The molecule has 0 N–H and O–H groups in total. The second kappa shape index (κ2) is 8.04. The number of hydrogen-bond acceptors (Lipinski definition) is 3. The Balaban J connectivity index is 1.94. The van der Waals surface area contributed by atoms with E-state index in [1.165, 1.54) is 7.11 Å². The second-order valence-electron chi connectivity index (χ2n) is 5.91. The standard InChI is InChI=1S/C19H17F3N2O2S/c1-26-16-10-6-5-9-15(16)24-12-14(11-19(20,21)22)27-18(24)23-17(25)13-7-3-2-4-8-13/h2-10,14H,11-12H2,1H3. The van der Waals surface area contributed by atoms with Gasteiger partial charge in [0.25, 0.3) is 5.91 Å². The Hall–Kier alpha value is -2.48. The van der Waals surface area contributed by atoms with Gasteiger partial charge in [0, 0.05) is 17.4 Å². The molecule has 1 aliphatic heterocycles. The summed E-state index contributed by atoms with van der Waals surface area (Å²) in [6.45, 7) is 0.0887. The van der Waals surface area contributed by atoms with E-state index in [1.54, 1.807) is 59.5 Å². The molecule has 8 heteroatoms. The number of nitrogens with zero attached hydrogens (tertiary/aromatic N) is 2. The van der Waals surface area contributed by atoms with Crippen LogP contribution in [-0.2, 0) is 0 Å². The number of para-hydroxylation sites is 2. The lowest BCUT2D eigenvalue weighted by atomic mass is 10.2. The normalized spacial score (nSPS) is 18.7.